The van der Waals surface area contributed by atoms with Gasteiger partial charge in [0, 0.05) is 0 Å². The summed E-state index contributed by atoms with van der Waals surface area (Å²) in [5.74, 6) is 0. The molecule has 0 saturated carbocycles. The van der Waals surface area contributed by atoms with Crippen LogP contribution in [0.25, 0.3) is 0 Å². The molecule has 0 aromatic heterocycles. The quantitative estimate of drug-likeness (QED) is 0.654. The molecular formula is C16H22Zr. The first kappa shape index (κ1) is 11.9. The third-order valence-corrected chi connectivity index (χ3v) is 16.9. The van der Waals surface area contributed by atoms with E-state index in [1.54, 1.807) is 30.5 Å². The first-order valence-corrected chi connectivity index (χ1v) is 12.7. The summed E-state index contributed by atoms with van der Waals surface area (Å²) < 4.78 is 7.07. The Bertz CT molecular complexity index is 464. The molecule has 17 heavy (non-hydrogen) atoms. The zero-order valence-corrected chi connectivity index (χ0v) is 13.9. The fourth-order valence-electron chi connectivity index (χ4n) is 3.86. The second-order valence-corrected chi connectivity index (χ2v) is 17.0. The van der Waals surface area contributed by atoms with E-state index in [0.29, 0.717) is 0 Å². The second-order valence-electron chi connectivity index (χ2n) is 6.24. The molecule has 1 heterocycles. The van der Waals surface area contributed by atoms with Crippen molar-refractivity contribution in [3.05, 3.63) is 41.0 Å². The van der Waals surface area contributed by atoms with E-state index in [0.717, 1.165) is 0 Å². The summed E-state index contributed by atoms with van der Waals surface area (Å²) in [6.45, 7) is 9.32. The molecule has 1 fully saturated rings. The normalized spacial score (nSPS) is 26.6. The Morgan fingerprint density at radius 1 is 0.765 bits per heavy atom. The van der Waals surface area contributed by atoms with Gasteiger partial charge in [-0.1, -0.05) is 0 Å². The Morgan fingerprint density at radius 3 is 1.41 bits per heavy atom. The molecule has 0 spiro atoms. The summed E-state index contributed by atoms with van der Waals surface area (Å²) >= 11 is -1.97. The van der Waals surface area contributed by atoms with E-state index < -0.39 is 20.3 Å². The molecule has 0 aromatic carbocycles. The summed E-state index contributed by atoms with van der Waals surface area (Å²) in [6, 6.07) is 0. The summed E-state index contributed by atoms with van der Waals surface area (Å²) in [4.78, 5) is 0. The molecule has 0 amide bonds. The van der Waals surface area contributed by atoms with Crippen LogP contribution in [-0.4, -0.2) is 0 Å². The second kappa shape index (κ2) is 3.92. The fraction of sp³-hybridized carbons (Fsp3) is 0.500. The fourth-order valence-corrected chi connectivity index (χ4v) is 19.1. The SMILES string of the molecule is CC1=CC(C)=[C]([Zr]2([C]3=C(C)C=C(C)C3)[CH2][CH2]2)C1. The molecule has 1 aliphatic heterocycles. The number of rotatable bonds is 2. The van der Waals surface area contributed by atoms with Gasteiger partial charge in [-0.15, -0.1) is 0 Å². The third kappa shape index (κ3) is 1.82. The van der Waals surface area contributed by atoms with E-state index in [-0.39, 0.29) is 0 Å². The van der Waals surface area contributed by atoms with Crippen molar-refractivity contribution in [3.8, 4) is 0 Å². The average Bonchev–Trinajstić information content (AvgIpc) is 2.86. The Balaban J connectivity index is 1.96. The van der Waals surface area contributed by atoms with Crippen LogP contribution in [0.3, 0.4) is 0 Å². The first-order valence-electron chi connectivity index (χ1n) is 6.78. The molecule has 1 heteroatoms. The Labute approximate surface area is 110 Å². The van der Waals surface area contributed by atoms with Crippen LogP contribution in [0.4, 0.5) is 0 Å². The Kier molecular flexibility index (Phi) is 2.75. The van der Waals surface area contributed by atoms with Gasteiger partial charge in [0.05, 0.1) is 0 Å². The van der Waals surface area contributed by atoms with Gasteiger partial charge in [0.15, 0.2) is 0 Å². The Morgan fingerprint density at radius 2 is 1.18 bits per heavy atom. The van der Waals surface area contributed by atoms with Crippen molar-refractivity contribution in [1.29, 1.82) is 0 Å². The number of hydrogen-bond acceptors (Lipinski definition) is 0. The van der Waals surface area contributed by atoms with Gasteiger partial charge in [-0.25, -0.2) is 0 Å². The molecule has 0 nitrogen and oxygen atoms in total. The molecule has 0 bridgehead atoms. The van der Waals surface area contributed by atoms with E-state index >= 15 is 0 Å². The van der Waals surface area contributed by atoms with Crippen molar-refractivity contribution in [1.82, 2.24) is 0 Å². The topological polar surface area (TPSA) is 0 Å². The van der Waals surface area contributed by atoms with Crippen molar-refractivity contribution in [2.45, 2.75) is 48.8 Å². The van der Waals surface area contributed by atoms with Gasteiger partial charge in [0.25, 0.3) is 0 Å². The zero-order valence-electron chi connectivity index (χ0n) is 11.5. The van der Waals surface area contributed by atoms with Crippen LogP contribution in [-0.2, 0) is 20.3 Å². The van der Waals surface area contributed by atoms with Crippen molar-refractivity contribution >= 4 is 0 Å². The maximum absolute atomic E-state index is 2.44. The van der Waals surface area contributed by atoms with E-state index in [2.05, 4.69) is 39.8 Å². The standard InChI is InChI=1S/2C7H9.C2H4.Zr/c2*1-6-3-4-7(2)5-6;1-2;/h2*5H,3H2,1-2H3;1-2H2;. The zero-order chi connectivity index (χ0) is 12.2. The molecule has 0 unspecified atom stereocenters. The van der Waals surface area contributed by atoms with Crippen LogP contribution in [0.1, 0.15) is 40.5 Å². The van der Waals surface area contributed by atoms with Gasteiger partial charge < -0.3 is 0 Å². The molecule has 0 radical (unpaired) electrons. The van der Waals surface area contributed by atoms with Crippen LogP contribution in [0.2, 0.25) is 8.26 Å². The molecule has 2 aliphatic carbocycles. The van der Waals surface area contributed by atoms with Crippen LogP contribution in [0, 0.1) is 0 Å². The van der Waals surface area contributed by atoms with Gasteiger partial charge in [0.1, 0.15) is 0 Å². The molecule has 1 saturated heterocycles. The number of hydrogen-bond donors (Lipinski definition) is 0. The van der Waals surface area contributed by atoms with Crippen LogP contribution in [0.5, 0.6) is 0 Å². The molecule has 3 aliphatic rings. The van der Waals surface area contributed by atoms with Crippen molar-refractivity contribution < 1.29 is 20.3 Å². The minimum atomic E-state index is -1.97. The van der Waals surface area contributed by atoms with E-state index in [9.17, 15) is 0 Å². The molecule has 90 valence electrons. The Hall–Kier alpha value is -0.157. The summed E-state index contributed by atoms with van der Waals surface area (Å²) in [5.41, 5.74) is 6.48. The van der Waals surface area contributed by atoms with E-state index in [1.165, 1.54) is 12.8 Å². The molecule has 0 atom stereocenters. The van der Waals surface area contributed by atoms with Crippen LogP contribution >= 0.6 is 0 Å². The summed E-state index contributed by atoms with van der Waals surface area (Å²) in [7, 11) is 0. The van der Waals surface area contributed by atoms with E-state index in [1.807, 2.05) is 6.56 Å². The molecule has 0 aromatic rings. The van der Waals surface area contributed by atoms with Gasteiger partial charge in [0.2, 0.25) is 0 Å². The molecule has 0 N–H and O–H groups in total. The van der Waals surface area contributed by atoms with Crippen molar-refractivity contribution in [3.63, 3.8) is 0 Å². The minimum absolute atomic E-state index is 1.32. The summed E-state index contributed by atoms with van der Waals surface area (Å²) in [5, 5.41) is 0. The molecular weight excluding hydrogens is 283 g/mol. The summed E-state index contributed by atoms with van der Waals surface area (Å²) in [6.07, 6.45) is 7.52. The predicted octanol–water partition coefficient (Wildman–Crippen LogP) is 5.24. The predicted molar refractivity (Wildman–Crippen MR) is 71.8 cm³/mol. The van der Waals surface area contributed by atoms with Crippen molar-refractivity contribution in [2.24, 2.45) is 0 Å². The first-order chi connectivity index (χ1) is 8.03. The van der Waals surface area contributed by atoms with Gasteiger partial charge >= 0.3 is 110 Å². The van der Waals surface area contributed by atoms with E-state index in [4.69, 9.17) is 0 Å². The monoisotopic (exact) mass is 304 g/mol. The number of allylic oxidation sites excluding steroid dienone is 8. The third-order valence-electron chi connectivity index (χ3n) is 4.69. The maximum atomic E-state index is 2.44. The molecule has 3 rings (SSSR count). The van der Waals surface area contributed by atoms with Gasteiger partial charge in [-0.05, 0) is 0 Å². The van der Waals surface area contributed by atoms with Gasteiger partial charge in [-0.3, -0.25) is 0 Å². The van der Waals surface area contributed by atoms with Crippen LogP contribution < -0.4 is 0 Å². The average molecular weight is 306 g/mol. The van der Waals surface area contributed by atoms with Crippen molar-refractivity contribution in [2.75, 3.05) is 0 Å². The van der Waals surface area contributed by atoms with Gasteiger partial charge in [-0.2, -0.15) is 0 Å². The van der Waals surface area contributed by atoms with Crippen LogP contribution in [0.15, 0.2) is 41.0 Å².